The van der Waals surface area contributed by atoms with Gasteiger partial charge < -0.3 is 15.4 Å². The molecule has 0 saturated carbocycles. The Kier molecular flexibility index (Phi) is 5.68. The molecule has 2 amide bonds. The van der Waals surface area contributed by atoms with Crippen LogP contribution in [-0.2, 0) is 0 Å². The topological polar surface area (TPSA) is 63.2 Å². The first-order chi connectivity index (χ1) is 15.0. The number of urea groups is 1. The molecule has 0 aliphatic heterocycles. The van der Waals surface area contributed by atoms with Crippen LogP contribution in [-0.4, -0.2) is 18.1 Å². The fraction of sp³-hybridized carbons (Fsp3) is 0.0435. The molecule has 1 aromatic heterocycles. The normalized spacial score (nSPS) is 10.7. The van der Waals surface area contributed by atoms with Gasteiger partial charge in [0.1, 0.15) is 17.4 Å². The van der Waals surface area contributed by atoms with Crippen molar-refractivity contribution in [3.05, 3.63) is 83.5 Å². The standard InChI is InChI=1S/C23H16ClF2N3O2/c1-31-19-9-5-3-7-15(19)20-14-6-2-4-8-17(14)27-22(24)21(20)29-23(30)28-18-11-10-13(25)12-16(18)26/h2-12H,1H3,(H2,28,29,30). The molecule has 0 aliphatic rings. The van der Waals surface area contributed by atoms with Gasteiger partial charge in [0, 0.05) is 22.6 Å². The lowest BCUT2D eigenvalue weighted by Gasteiger charge is -2.18. The van der Waals surface area contributed by atoms with E-state index in [4.69, 9.17) is 16.3 Å². The summed E-state index contributed by atoms with van der Waals surface area (Å²) in [6.07, 6.45) is 0. The van der Waals surface area contributed by atoms with Crippen LogP contribution >= 0.6 is 11.6 Å². The second-order valence-corrected chi connectivity index (χ2v) is 6.93. The predicted molar refractivity (Wildman–Crippen MR) is 118 cm³/mol. The molecule has 0 bridgehead atoms. The number of nitrogens with one attached hydrogen (secondary N) is 2. The van der Waals surface area contributed by atoms with E-state index in [-0.39, 0.29) is 16.5 Å². The molecule has 4 aromatic rings. The molecule has 0 fully saturated rings. The van der Waals surface area contributed by atoms with Gasteiger partial charge in [-0.1, -0.05) is 48.0 Å². The molecule has 1 heterocycles. The fourth-order valence-corrected chi connectivity index (χ4v) is 3.52. The number of rotatable bonds is 4. The Labute approximate surface area is 181 Å². The van der Waals surface area contributed by atoms with Gasteiger partial charge in [0.15, 0.2) is 5.15 Å². The smallest absolute Gasteiger partial charge is 0.323 e. The average Bonchev–Trinajstić information content (AvgIpc) is 2.76. The van der Waals surface area contributed by atoms with Gasteiger partial charge >= 0.3 is 6.03 Å². The quantitative estimate of drug-likeness (QED) is 0.357. The van der Waals surface area contributed by atoms with Crippen LogP contribution in [0.15, 0.2) is 66.7 Å². The highest BCUT2D eigenvalue weighted by molar-refractivity contribution is 6.34. The average molecular weight is 440 g/mol. The van der Waals surface area contributed by atoms with Crippen molar-refractivity contribution in [3.8, 4) is 16.9 Å². The minimum Gasteiger partial charge on any atom is -0.496 e. The molecule has 0 saturated heterocycles. The Balaban J connectivity index is 1.82. The molecule has 0 radical (unpaired) electrons. The van der Waals surface area contributed by atoms with Crippen molar-refractivity contribution >= 4 is 39.9 Å². The first kappa shape index (κ1) is 20.6. The molecular formula is C23H16ClF2N3O2. The van der Waals surface area contributed by atoms with E-state index in [0.29, 0.717) is 28.5 Å². The van der Waals surface area contributed by atoms with Crippen molar-refractivity contribution in [2.75, 3.05) is 17.7 Å². The highest BCUT2D eigenvalue weighted by atomic mass is 35.5. The SMILES string of the molecule is COc1ccccc1-c1c(NC(=O)Nc2ccc(F)cc2F)c(Cl)nc2ccccc12. The third-order valence-corrected chi connectivity index (χ3v) is 4.92. The highest BCUT2D eigenvalue weighted by Crippen LogP contribution is 2.42. The zero-order valence-corrected chi connectivity index (χ0v) is 17.0. The van der Waals surface area contributed by atoms with Crippen LogP contribution in [0.2, 0.25) is 5.15 Å². The molecule has 0 spiro atoms. The number of hydrogen-bond acceptors (Lipinski definition) is 3. The van der Waals surface area contributed by atoms with Gasteiger partial charge in [0.2, 0.25) is 0 Å². The number of amides is 2. The fourth-order valence-electron chi connectivity index (χ4n) is 3.28. The maximum absolute atomic E-state index is 13.9. The van der Waals surface area contributed by atoms with Gasteiger partial charge in [-0.15, -0.1) is 0 Å². The van der Waals surface area contributed by atoms with E-state index in [2.05, 4.69) is 15.6 Å². The largest absolute Gasteiger partial charge is 0.496 e. The van der Waals surface area contributed by atoms with Crippen molar-refractivity contribution in [1.29, 1.82) is 0 Å². The monoisotopic (exact) mass is 439 g/mol. The number of pyridine rings is 1. The summed E-state index contributed by atoms with van der Waals surface area (Å²) in [5.41, 5.74) is 1.97. The van der Waals surface area contributed by atoms with Gasteiger partial charge in [0.25, 0.3) is 0 Å². The Morgan fingerprint density at radius 3 is 2.52 bits per heavy atom. The summed E-state index contributed by atoms with van der Waals surface area (Å²) in [5, 5.41) is 5.80. The molecule has 2 N–H and O–H groups in total. The summed E-state index contributed by atoms with van der Waals surface area (Å²) in [6.45, 7) is 0. The van der Waals surface area contributed by atoms with Gasteiger partial charge in [-0.2, -0.15) is 0 Å². The minimum absolute atomic E-state index is 0.0503. The second kappa shape index (κ2) is 8.57. The first-order valence-electron chi connectivity index (χ1n) is 9.22. The van der Waals surface area contributed by atoms with Crippen molar-refractivity contribution in [1.82, 2.24) is 4.98 Å². The first-order valence-corrected chi connectivity index (χ1v) is 9.60. The maximum atomic E-state index is 13.9. The molecule has 3 aromatic carbocycles. The van der Waals surface area contributed by atoms with Crippen LogP contribution < -0.4 is 15.4 Å². The zero-order valence-electron chi connectivity index (χ0n) is 16.2. The van der Waals surface area contributed by atoms with Crippen molar-refractivity contribution in [3.63, 3.8) is 0 Å². The second-order valence-electron chi connectivity index (χ2n) is 6.57. The van der Waals surface area contributed by atoms with Gasteiger partial charge in [-0.25, -0.2) is 18.6 Å². The maximum Gasteiger partial charge on any atom is 0.323 e. The van der Waals surface area contributed by atoms with E-state index >= 15 is 0 Å². The number of carbonyl (C=O) groups is 1. The van der Waals surface area contributed by atoms with Gasteiger partial charge in [-0.3, -0.25) is 0 Å². The van der Waals surface area contributed by atoms with Crippen molar-refractivity contribution in [2.24, 2.45) is 0 Å². The number of ether oxygens (including phenoxy) is 1. The van der Waals surface area contributed by atoms with E-state index in [1.165, 1.54) is 0 Å². The summed E-state index contributed by atoms with van der Waals surface area (Å²) in [5.74, 6) is -1.07. The number of benzene rings is 3. The lowest BCUT2D eigenvalue weighted by Crippen LogP contribution is -2.21. The van der Waals surface area contributed by atoms with Crippen LogP contribution in [0.25, 0.3) is 22.0 Å². The third kappa shape index (κ3) is 4.13. The molecular weight excluding hydrogens is 424 g/mol. The van der Waals surface area contributed by atoms with E-state index in [1.807, 2.05) is 36.4 Å². The number of methoxy groups -OCH3 is 1. The Bertz CT molecular complexity index is 1300. The number of aromatic nitrogens is 1. The molecule has 0 atom stereocenters. The lowest BCUT2D eigenvalue weighted by molar-refractivity contribution is 0.262. The van der Waals surface area contributed by atoms with E-state index in [0.717, 1.165) is 17.5 Å². The van der Waals surface area contributed by atoms with Crippen molar-refractivity contribution in [2.45, 2.75) is 0 Å². The van der Waals surface area contributed by atoms with Crippen LogP contribution in [0.5, 0.6) is 5.75 Å². The van der Waals surface area contributed by atoms with E-state index in [9.17, 15) is 13.6 Å². The summed E-state index contributed by atoms with van der Waals surface area (Å²) in [6, 6.07) is 16.7. The minimum atomic E-state index is -0.900. The van der Waals surface area contributed by atoms with Crippen LogP contribution in [0, 0.1) is 11.6 Å². The molecule has 0 aliphatic carbocycles. The highest BCUT2D eigenvalue weighted by Gasteiger charge is 2.20. The molecule has 31 heavy (non-hydrogen) atoms. The Morgan fingerprint density at radius 2 is 1.74 bits per heavy atom. The predicted octanol–water partition coefficient (Wildman–Crippen LogP) is 6.49. The lowest BCUT2D eigenvalue weighted by atomic mass is 9.98. The summed E-state index contributed by atoms with van der Waals surface area (Å²) in [4.78, 5) is 17.0. The number of hydrogen-bond donors (Lipinski definition) is 2. The van der Waals surface area contributed by atoms with Crippen molar-refractivity contribution < 1.29 is 18.3 Å². The molecule has 4 rings (SSSR count). The Morgan fingerprint density at radius 1 is 1.00 bits per heavy atom. The van der Waals surface area contributed by atoms with Gasteiger partial charge in [0.05, 0.1) is 24.0 Å². The molecule has 0 unspecified atom stereocenters. The summed E-state index contributed by atoms with van der Waals surface area (Å²) < 4.78 is 32.6. The van der Waals surface area contributed by atoms with Gasteiger partial charge in [-0.05, 0) is 24.3 Å². The zero-order chi connectivity index (χ0) is 22.0. The van der Waals surface area contributed by atoms with Crippen LogP contribution in [0.4, 0.5) is 25.0 Å². The Hall–Kier alpha value is -3.71. The third-order valence-electron chi connectivity index (χ3n) is 4.64. The number of carbonyl (C=O) groups excluding carboxylic acids is 1. The molecule has 156 valence electrons. The number of nitrogens with zero attached hydrogens (tertiary/aromatic N) is 1. The van der Waals surface area contributed by atoms with Crippen LogP contribution in [0.3, 0.4) is 0 Å². The number of anilines is 2. The number of para-hydroxylation sites is 2. The molecule has 5 nitrogen and oxygen atoms in total. The van der Waals surface area contributed by atoms with E-state index in [1.54, 1.807) is 19.2 Å². The molecule has 8 heteroatoms. The van der Waals surface area contributed by atoms with E-state index < -0.39 is 17.7 Å². The number of halogens is 3. The van der Waals surface area contributed by atoms with Crippen LogP contribution in [0.1, 0.15) is 0 Å². The number of fused-ring (bicyclic) bond motifs is 1. The summed E-state index contributed by atoms with van der Waals surface area (Å²) >= 11 is 6.43. The summed E-state index contributed by atoms with van der Waals surface area (Å²) in [7, 11) is 1.54.